The van der Waals surface area contributed by atoms with Crippen LogP contribution in [0.3, 0.4) is 0 Å². The van der Waals surface area contributed by atoms with Crippen molar-refractivity contribution in [2.45, 2.75) is 56.4 Å². The number of nitrogens with one attached hydrogen (secondary N) is 1. The lowest BCUT2D eigenvalue weighted by molar-refractivity contribution is -0.131. The molecule has 1 amide bonds. The first-order valence-corrected chi connectivity index (χ1v) is 11.7. The number of sulfonamides is 1. The van der Waals surface area contributed by atoms with Gasteiger partial charge in [-0.2, -0.15) is 0 Å². The number of piperidine rings is 1. The molecule has 7 heteroatoms. The smallest absolute Gasteiger partial charge is 0.240 e. The van der Waals surface area contributed by atoms with E-state index < -0.39 is 10.0 Å². The lowest BCUT2D eigenvalue weighted by Gasteiger charge is -2.32. The number of halogens is 1. The molecule has 1 heterocycles. The first-order valence-electron chi connectivity index (χ1n) is 10.2. The Kier molecular flexibility index (Phi) is 6.62. The minimum Gasteiger partial charge on any atom is -0.342 e. The molecule has 0 spiro atoms. The van der Waals surface area contributed by atoms with E-state index in [4.69, 9.17) is 0 Å². The SMILES string of the molecule is CC(C)(C)c1ccc(S(=O)(=O)NC2CCN(C(=O)Cc3ccc(F)cc3)CC2)cc1. The molecule has 1 fully saturated rings. The molecule has 30 heavy (non-hydrogen) atoms. The predicted octanol–water partition coefficient (Wildman–Crippen LogP) is 3.64. The van der Waals surface area contributed by atoms with Gasteiger partial charge in [0.25, 0.3) is 0 Å². The van der Waals surface area contributed by atoms with Crippen LogP contribution < -0.4 is 4.72 Å². The van der Waals surface area contributed by atoms with E-state index in [1.165, 1.54) is 12.1 Å². The minimum absolute atomic E-state index is 0.0271. The molecular weight excluding hydrogens is 403 g/mol. The van der Waals surface area contributed by atoms with Crippen LogP contribution in [0.4, 0.5) is 4.39 Å². The van der Waals surface area contributed by atoms with Crippen LogP contribution in [-0.2, 0) is 26.7 Å². The standard InChI is InChI=1S/C23H29FN2O3S/c1-23(2,3)18-6-10-21(11-7-18)30(28,29)25-20-12-14-26(15-13-20)22(27)16-17-4-8-19(24)9-5-17/h4-11,20,25H,12-16H2,1-3H3. The van der Waals surface area contributed by atoms with Crippen molar-refractivity contribution in [3.05, 3.63) is 65.5 Å². The quantitative estimate of drug-likeness (QED) is 0.785. The fourth-order valence-corrected chi connectivity index (χ4v) is 4.86. The van der Waals surface area contributed by atoms with Gasteiger partial charge in [-0.05, 0) is 53.6 Å². The average Bonchev–Trinajstić information content (AvgIpc) is 2.69. The molecule has 2 aromatic carbocycles. The van der Waals surface area contributed by atoms with Crippen LogP contribution in [0.15, 0.2) is 53.4 Å². The van der Waals surface area contributed by atoms with E-state index in [1.807, 2.05) is 12.1 Å². The molecule has 0 bridgehead atoms. The van der Waals surface area contributed by atoms with Gasteiger partial charge in [0.15, 0.2) is 0 Å². The molecule has 1 aliphatic rings. The third-order valence-electron chi connectivity index (χ3n) is 5.47. The third kappa shape index (κ3) is 5.67. The normalized spacial score (nSPS) is 15.9. The summed E-state index contributed by atoms with van der Waals surface area (Å²) in [5.74, 6) is -0.354. The highest BCUT2D eigenvalue weighted by atomic mass is 32.2. The topological polar surface area (TPSA) is 66.5 Å². The summed E-state index contributed by atoms with van der Waals surface area (Å²) in [7, 11) is -3.60. The second-order valence-corrected chi connectivity index (χ2v) is 10.6. The van der Waals surface area contributed by atoms with Gasteiger partial charge in [0.05, 0.1) is 11.3 Å². The summed E-state index contributed by atoms with van der Waals surface area (Å²) in [6.07, 6.45) is 1.35. The molecule has 162 valence electrons. The van der Waals surface area contributed by atoms with Crippen LogP contribution in [0, 0.1) is 5.82 Å². The van der Waals surface area contributed by atoms with E-state index in [-0.39, 0.29) is 34.5 Å². The maximum atomic E-state index is 13.0. The summed E-state index contributed by atoms with van der Waals surface area (Å²) < 4.78 is 41.2. The molecule has 0 saturated carbocycles. The first-order chi connectivity index (χ1) is 14.0. The summed E-state index contributed by atoms with van der Waals surface area (Å²) >= 11 is 0. The molecule has 0 unspecified atom stereocenters. The highest BCUT2D eigenvalue weighted by Crippen LogP contribution is 2.24. The van der Waals surface area contributed by atoms with Gasteiger partial charge in [0.2, 0.25) is 15.9 Å². The molecule has 0 aromatic heterocycles. The first kappa shape index (κ1) is 22.4. The van der Waals surface area contributed by atoms with Gasteiger partial charge in [-0.3, -0.25) is 4.79 Å². The van der Waals surface area contributed by atoms with E-state index in [9.17, 15) is 17.6 Å². The van der Waals surface area contributed by atoms with Crippen LogP contribution in [-0.4, -0.2) is 38.4 Å². The van der Waals surface area contributed by atoms with Crippen molar-refractivity contribution in [3.63, 3.8) is 0 Å². The summed E-state index contributed by atoms with van der Waals surface area (Å²) in [6, 6.07) is 12.7. The molecule has 0 radical (unpaired) electrons. The lowest BCUT2D eigenvalue weighted by Crippen LogP contribution is -2.46. The molecule has 1 aliphatic heterocycles. The number of benzene rings is 2. The van der Waals surface area contributed by atoms with E-state index in [1.54, 1.807) is 29.2 Å². The molecule has 1 saturated heterocycles. The Morgan fingerprint density at radius 3 is 2.13 bits per heavy atom. The van der Waals surface area contributed by atoms with Gasteiger partial charge < -0.3 is 4.90 Å². The third-order valence-corrected chi connectivity index (χ3v) is 7.01. The van der Waals surface area contributed by atoms with Gasteiger partial charge >= 0.3 is 0 Å². The molecule has 0 atom stereocenters. The summed E-state index contributed by atoms with van der Waals surface area (Å²) in [6.45, 7) is 7.24. The maximum Gasteiger partial charge on any atom is 0.240 e. The van der Waals surface area contributed by atoms with Crippen molar-refractivity contribution in [1.29, 1.82) is 0 Å². The zero-order valence-corrected chi connectivity index (χ0v) is 18.5. The summed E-state index contributed by atoms with van der Waals surface area (Å²) in [4.78, 5) is 14.5. The van der Waals surface area contributed by atoms with Crippen LogP contribution in [0.5, 0.6) is 0 Å². The Labute approximate surface area is 178 Å². The fourth-order valence-electron chi connectivity index (χ4n) is 3.56. The van der Waals surface area contributed by atoms with Gasteiger partial charge in [-0.1, -0.05) is 45.0 Å². The van der Waals surface area contributed by atoms with Crippen LogP contribution in [0.2, 0.25) is 0 Å². The van der Waals surface area contributed by atoms with E-state index in [0.717, 1.165) is 11.1 Å². The molecule has 1 N–H and O–H groups in total. The minimum atomic E-state index is -3.60. The van der Waals surface area contributed by atoms with Crippen molar-refractivity contribution >= 4 is 15.9 Å². The number of rotatable bonds is 5. The zero-order valence-electron chi connectivity index (χ0n) is 17.7. The van der Waals surface area contributed by atoms with E-state index >= 15 is 0 Å². The van der Waals surface area contributed by atoms with Crippen LogP contribution in [0.1, 0.15) is 44.7 Å². The highest BCUT2D eigenvalue weighted by molar-refractivity contribution is 7.89. The summed E-state index contributed by atoms with van der Waals surface area (Å²) in [5.41, 5.74) is 1.81. The number of amides is 1. The van der Waals surface area contributed by atoms with Gasteiger partial charge in [-0.15, -0.1) is 0 Å². The Balaban J connectivity index is 1.54. The molecular formula is C23H29FN2O3S. The summed E-state index contributed by atoms with van der Waals surface area (Å²) in [5, 5.41) is 0. The zero-order chi connectivity index (χ0) is 21.9. The van der Waals surface area contributed by atoms with Crippen molar-refractivity contribution in [3.8, 4) is 0 Å². The van der Waals surface area contributed by atoms with Crippen LogP contribution in [0.25, 0.3) is 0 Å². The fraction of sp³-hybridized carbons (Fsp3) is 0.435. The monoisotopic (exact) mass is 432 g/mol. The number of carbonyl (C=O) groups excluding carboxylic acids is 1. The van der Waals surface area contributed by atoms with E-state index in [2.05, 4.69) is 25.5 Å². The average molecular weight is 433 g/mol. The highest BCUT2D eigenvalue weighted by Gasteiger charge is 2.27. The largest absolute Gasteiger partial charge is 0.342 e. The van der Waals surface area contributed by atoms with Crippen molar-refractivity contribution in [1.82, 2.24) is 9.62 Å². The second-order valence-electron chi connectivity index (χ2n) is 8.85. The molecule has 3 rings (SSSR count). The van der Waals surface area contributed by atoms with Gasteiger partial charge in [-0.25, -0.2) is 17.5 Å². The van der Waals surface area contributed by atoms with Gasteiger partial charge in [0.1, 0.15) is 5.82 Å². The predicted molar refractivity (Wildman–Crippen MR) is 115 cm³/mol. The van der Waals surface area contributed by atoms with E-state index in [0.29, 0.717) is 25.9 Å². The van der Waals surface area contributed by atoms with Gasteiger partial charge in [0, 0.05) is 19.1 Å². The molecule has 0 aliphatic carbocycles. The Morgan fingerprint density at radius 2 is 1.60 bits per heavy atom. The Hall–Kier alpha value is -2.25. The van der Waals surface area contributed by atoms with Crippen molar-refractivity contribution < 1.29 is 17.6 Å². The Bertz CT molecular complexity index is 973. The number of nitrogens with zero attached hydrogens (tertiary/aromatic N) is 1. The lowest BCUT2D eigenvalue weighted by atomic mass is 9.87. The second kappa shape index (κ2) is 8.86. The number of hydrogen-bond acceptors (Lipinski definition) is 3. The molecule has 5 nitrogen and oxygen atoms in total. The van der Waals surface area contributed by atoms with Crippen molar-refractivity contribution in [2.75, 3.05) is 13.1 Å². The number of likely N-dealkylation sites (tertiary alicyclic amines) is 1. The maximum absolute atomic E-state index is 13.0. The number of carbonyl (C=O) groups is 1. The number of hydrogen-bond donors (Lipinski definition) is 1. The van der Waals surface area contributed by atoms with Crippen molar-refractivity contribution in [2.24, 2.45) is 0 Å². The molecule has 2 aromatic rings. The van der Waals surface area contributed by atoms with Crippen LogP contribution >= 0.6 is 0 Å². The Morgan fingerprint density at radius 1 is 1.03 bits per heavy atom.